The van der Waals surface area contributed by atoms with Crippen molar-refractivity contribution >= 4 is 28.5 Å². The Kier molecular flexibility index (Phi) is 4.71. The van der Waals surface area contributed by atoms with Crippen molar-refractivity contribution in [3.63, 3.8) is 0 Å². The number of nitrogens with one attached hydrogen (secondary N) is 2. The third-order valence-corrected chi connectivity index (χ3v) is 5.98. The Hall–Kier alpha value is -3.26. The zero-order chi connectivity index (χ0) is 20.7. The number of aromatic nitrogens is 3. The van der Waals surface area contributed by atoms with E-state index in [4.69, 9.17) is 4.74 Å². The second-order valence-corrected chi connectivity index (χ2v) is 7.83. The first-order valence-corrected chi connectivity index (χ1v) is 10.2. The zero-order valence-corrected chi connectivity index (χ0v) is 16.8. The molecule has 0 aromatic carbocycles. The number of aromatic amines is 1. The first-order chi connectivity index (χ1) is 14.6. The monoisotopic (exact) mass is 405 g/mol. The Labute approximate surface area is 173 Å². The maximum atomic E-state index is 12.6. The minimum atomic E-state index is -0.166. The third kappa shape index (κ3) is 3.23. The Morgan fingerprint density at radius 1 is 1.23 bits per heavy atom. The first-order valence-electron chi connectivity index (χ1n) is 10.2. The zero-order valence-electron chi connectivity index (χ0n) is 16.8. The Balaban J connectivity index is 1.49. The van der Waals surface area contributed by atoms with E-state index in [2.05, 4.69) is 20.3 Å². The Bertz CT molecular complexity index is 1130. The third-order valence-electron chi connectivity index (χ3n) is 5.98. The van der Waals surface area contributed by atoms with Gasteiger partial charge in [0.25, 0.3) is 5.91 Å². The van der Waals surface area contributed by atoms with E-state index in [9.17, 15) is 9.59 Å². The van der Waals surface area contributed by atoms with Gasteiger partial charge >= 0.3 is 0 Å². The normalized spacial score (nSPS) is 16.8. The van der Waals surface area contributed by atoms with Gasteiger partial charge in [-0.3, -0.25) is 14.6 Å². The van der Waals surface area contributed by atoms with Crippen molar-refractivity contribution in [2.75, 3.05) is 31.7 Å². The summed E-state index contributed by atoms with van der Waals surface area (Å²) in [6, 6.07) is 3.95. The number of nitrogens with zero attached hydrogens (tertiary/aromatic N) is 3. The minimum absolute atomic E-state index is 0.0993. The molecule has 2 aliphatic rings. The van der Waals surface area contributed by atoms with Crippen LogP contribution in [-0.2, 0) is 16.0 Å². The van der Waals surface area contributed by atoms with Gasteiger partial charge in [-0.25, -0.2) is 4.98 Å². The summed E-state index contributed by atoms with van der Waals surface area (Å²) in [5, 5.41) is 3.40. The summed E-state index contributed by atoms with van der Waals surface area (Å²) in [5.74, 6) is 0.382. The van der Waals surface area contributed by atoms with E-state index in [1.54, 1.807) is 25.6 Å². The van der Waals surface area contributed by atoms with Crippen molar-refractivity contribution in [3.05, 3.63) is 42.0 Å². The SMILES string of the molecule is CNC(=O)c1c[nH]c2ncc(-c3cnc4c(c3)N(CC3CCOCC3)C(=O)C4)cc12. The van der Waals surface area contributed by atoms with Crippen LogP contribution in [0.15, 0.2) is 30.7 Å². The summed E-state index contributed by atoms with van der Waals surface area (Å²) in [5.41, 5.74) is 4.63. The summed E-state index contributed by atoms with van der Waals surface area (Å²) in [6.07, 6.45) is 7.49. The van der Waals surface area contributed by atoms with Crippen LogP contribution in [0, 0.1) is 5.92 Å². The number of carbonyl (C=O) groups excluding carboxylic acids is 2. The second-order valence-electron chi connectivity index (χ2n) is 7.83. The van der Waals surface area contributed by atoms with Gasteiger partial charge in [-0.05, 0) is 30.9 Å². The van der Waals surface area contributed by atoms with Gasteiger partial charge in [0.1, 0.15) is 5.65 Å². The molecule has 8 heteroatoms. The quantitative estimate of drug-likeness (QED) is 0.694. The fourth-order valence-corrected chi connectivity index (χ4v) is 4.25. The van der Waals surface area contributed by atoms with Gasteiger partial charge in [-0.2, -0.15) is 0 Å². The van der Waals surface area contributed by atoms with Crippen molar-refractivity contribution < 1.29 is 14.3 Å². The maximum absolute atomic E-state index is 12.6. The molecule has 0 radical (unpaired) electrons. The standard InChI is InChI=1S/C22H23N5O3/c1-23-22(29)17-11-26-21-16(17)6-14(10-25-21)15-7-19-18(24-9-15)8-20(28)27(19)12-13-2-4-30-5-3-13/h6-7,9-11,13H,2-5,8,12H2,1H3,(H,23,29)(H,25,26). The lowest BCUT2D eigenvalue weighted by atomic mass is 9.99. The fourth-order valence-electron chi connectivity index (χ4n) is 4.25. The smallest absolute Gasteiger partial charge is 0.253 e. The van der Waals surface area contributed by atoms with E-state index in [1.165, 1.54) is 0 Å². The number of H-pyrrole nitrogens is 1. The molecule has 0 atom stereocenters. The first kappa shape index (κ1) is 18.7. The van der Waals surface area contributed by atoms with Crippen LogP contribution in [0.3, 0.4) is 0 Å². The predicted octanol–water partition coefficient (Wildman–Crippen LogP) is 2.30. The number of fused-ring (bicyclic) bond motifs is 2. The van der Waals surface area contributed by atoms with E-state index in [0.717, 1.165) is 53.9 Å². The van der Waals surface area contributed by atoms with Gasteiger partial charge in [-0.1, -0.05) is 0 Å². The highest BCUT2D eigenvalue weighted by molar-refractivity contribution is 6.06. The summed E-state index contributed by atoms with van der Waals surface area (Å²) < 4.78 is 5.45. The van der Waals surface area contributed by atoms with Crippen molar-refractivity contribution in [2.24, 2.45) is 5.92 Å². The molecule has 5 heterocycles. The lowest BCUT2D eigenvalue weighted by molar-refractivity contribution is -0.117. The van der Waals surface area contributed by atoms with E-state index < -0.39 is 0 Å². The van der Waals surface area contributed by atoms with E-state index in [1.807, 2.05) is 17.0 Å². The number of ether oxygens (including phenoxy) is 1. The molecule has 1 saturated heterocycles. The number of rotatable bonds is 4. The van der Waals surface area contributed by atoms with Gasteiger partial charge in [0.05, 0.1) is 23.4 Å². The number of hydrogen-bond acceptors (Lipinski definition) is 5. The van der Waals surface area contributed by atoms with Gasteiger partial charge in [0, 0.05) is 61.9 Å². The second kappa shape index (κ2) is 7.53. The summed E-state index contributed by atoms with van der Waals surface area (Å²) in [4.78, 5) is 38.7. The molecule has 3 aromatic heterocycles. The predicted molar refractivity (Wildman–Crippen MR) is 112 cm³/mol. The molecule has 0 unspecified atom stereocenters. The topological polar surface area (TPSA) is 100 Å². The lowest BCUT2D eigenvalue weighted by Crippen LogP contribution is -2.34. The van der Waals surface area contributed by atoms with E-state index >= 15 is 0 Å². The molecular formula is C22H23N5O3. The molecule has 0 spiro atoms. The molecule has 2 N–H and O–H groups in total. The van der Waals surface area contributed by atoms with E-state index in [0.29, 0.717) is 30.1 Å². The van der Waals surface area contributed by atoms with Crippen LogP contribution < -0.4 is 10.2 Å². The van der Waals surface area contributed by atoms with Crippen LogP contribution in [-0.4, -0.2) is 53.6 Å². The minimum Gasteiger partial charge on any atom is -0.381 e. The van der Waals surface area contributed by atoms with Crippen molar-refractivity contribution in [1.29, 1.82) is 0 Å². The summed E-state index contributed by atoms with van der Waals surface area (Å²) >= 11 is 0. The van der Waals surface area contributed by atoms with Crippen molar-refractivity contribution in [2.45, 2.75) is 19.3 Å². The van der Waals surface area contributed by atoms with Gasteiger partial charge in [-0.15, -0.1) is 0 Å². The van der Waals surface area contributed by atoms with Crippen LogP contribution >= 0.6 is 0 Å². The number of anilines is 1. The molecule has 8 nitrogen and oxygen atoms in total. The van der Waals surface area contributed by atoms with Crippen LogP contribution in [0.2, 0.25) is 0 Å². The highest BCUT2D eigenvalue weighted by Crippen LogP contribution is 2.34. The molecule has 5 rings (SSSR count). The van der Waals surface area contributed by atoms with Crippen LogP contribution in [0.1, 0.15) is 28.9 Å². The Morgan fingerprint density at radius 2 is 2.00 bits per heavy atom. The molecule has 2 amide bonds. The molecule has 0 bridgehead atoms. The molecule has 0 aliphatic carbocycles. The molecule has 154 valence electrons. The highest BCUT2D eigenvalue weighted by Gasteiger charge is 2.31. The van der Waals surface area contributed by atoms with E-state index in [-0.39, 0.29) is 11.8 Å². The average molecular weight is 405 g/mol. The van der Waals surface area contributed by atoms with Crippen LogP contribution in [0.25, 0.3) is 22.2 Å². The average Bonchev–Trinajstić information content (AvgIpc) is 3.34. The lowest BCUT2D eigenvalue weighted by Gasteiger charge is -2.27. The fraction of sp³-hybridized carbons (Fsp3) is 0.364. The largest absolute Gasteiger partial charge is 0.381 e. The highest BCUT2D eigenvalue weighted by atomic mass is 16.5. The summed E-state index contributed by atoms with van der Waals surface area (Å²) in [6.45, 7) is 2.22. The number of pyridine rings is 2. The summed E-state index contributed by atoms with van der Waals surface area (Å²) in [7, 11) is 1.60. The number of amides is 2. The van der Waals surface area contributed by atoms with Crippen LogP contribution in [0.5, 0.6) is 0 Å². The van der Waals surface area contributed by atoms with Gasteiger partial charge in [0.2, 0.25) is 5.91 Å². The Morgan fingerprint density at radius 3 is 2.80 bits per heavy atom. The van der Waals surface area contributed by atoms with Gasteiger partial charge in [0.15, 0.2) is 0 Å². The molecule has 1 fully saturated rings. The number of hydrogen-bond donors (Lipinski definition) is 2. The van der Waals surface area contributed by atoms with Crippen molar-refractivity contribution in [1.82, 2.24) is 20.3 Å². The molecule has 2 aliphatic heterocycles. The molecular weight excluding hydrogens is 382 g/mol. The maximum Gasteiger partial charge on any atom is 0.253 e. The number of carbonyl (C=O) groups is 2. The van der Waals surface area contributed by atoms with Gasteiger partial charge < -0.3 is 19.9 Å². The molecule has 0 saturated carbocycles. The van der Waals surface area contributed by atoms with Crippen LogP contribution in [0.4, 0.5) is 5.69 Å². The molecule has 30 heavy (non-hydrogen) atoms. The molecule has 3 aromatic rings. The van der Waals surface area contributed by atoms with Crippen molar-refractivity contribution in [3.8, 4) is 11.1 Å².